The highest BCUT2D eigenvalue weighted by atomic mass is 16.3. The van der Waals surface area contributed by atoms with Gasteiger partial charge in [-0.3, -0.25) is 4.79 Å². The molecule has 2 N–H and O–H groups in total. The Morgan fingerprint density at radius 3 is 2.61 bits per heavy atom. The zero-order valence-electron chi connectivity index (χ0n) is 11.4. The van der Waals surface area contributed by atoms with Gasteiger partial charge in [-0.2, -0.15) is 0 Å². The van der Waals surface area contributed by atoms with Crippen molar-refractivity contribution in [3.63, 3.8) is 0 Å². The third kappa shape index (κ3) is 4.49. The standard InChI is InChI=1S/C15H23NO2/c1-11-6-4-5-7-14(11)8-9-15(18)16-13(3)12(2)10-17/h4-7,12-13,17H,8-10H2,1-3H3,(H,16,18). The monoisotopic (exact) mass is 249 g/mol. The molecule has 18 heavy (non-hydrogen) atoms. The molecule has 0 aliphatic heterocycles. The maximum absolute atomic E-state index is 11.8. The quantitative estimate of drug-likeness (QED) is 0.810. The van der Waals surface area contributed by atoms with Crippen LogP contribution < -0.4 is 5.32 Å². The number of nitrogens with one attached hydrogen (secondary N) is 1. The summed E-state index contributed by atoms with van der Waals surface area (Å²) >= 11 is 0. The zero-order valence-corrected chi connectivity index (χ0v) is 11.4. The fourth-order valence-electron chi connectivity index (χ4n) is 1.77. The minimum atomic E-state index is 0.0133. The van der Waals surface area contributed by atoms with E-state index in [1.54, 1.807) is 0 Å². The van der Waals surface area contributed by atoms with Crippen LogP contribution >= 0.6 is 0 Å². The number of rotatable bonds is 6. The molecular formula is C15H23NO2. The average Bonchev–Trinajstić information content (AvgIpc) is 2.36. The summed E-state index contributed by atoms with van der Waals surface area (Å²) in [5, 5.41) is 11.9. The molecule has 0 fully saturated rings. The van der Waals surface area contributed by atoms with Crippen LogP contribution in [0.5, 0.6) is 0 Å². The summed E-state index contributed by atoms with van der Waals surface area (Å²) in [6, 6.07) is 8.13. The Kier molecular flexibility index (Phi) is 5.86. The van der Waals surface area contributed by atoms with E-state index < -0.39 is 0 Å². The Morgan fingerprint density at radius 2 is 2.00 bits per heavy atom. The topological polar surface area (TPSA) is 49.3 Å². The lowest BCUT2D eigenvalue weighted by atomic mass is 10.0. The molecule has 3 nitrogen and oxygen atoms in total. The van der Waals surface area contributed by atoms with Gasteiger partial charge < -0.3 is 10.4 Å². The van der Waals surface area contributed by atoms with E-state index in [-0.39, 0.29) is 24.5 Å². The number of aliphatic hydroxyl groups excluding tert-OH is 1. The summed E-state index contributed by atoms with van der Waals surface area (Å²) in [6.45, 7) is 6.00. The smallest absolute Gasteiger partial charge is 0.220 e. The molecule has 2 atom stereocenters. The van der Waals surface area contributed by atoms with Gasteiger partial charge in [0.15, 0.2) is 0 Å². The fourth-order valence-corrected chi connectivity index (χ4v) is 1.77. The summed E-state index contributed by atoms with van der Waals surface area (Å²) in [6.07, 6.45) is 1.26. The maximum atomic E-state index is 11.8. The molecule has 1 amide bonds. The normalized spacial score (nSPS) is 14.0. The molecule has 3 heteroatoms. The van der Waals surface area contributed by atoms with E-state index in [1.807, 2.05) is 26.0 Å². The molecule has 1 aromatic rings. The van der Waals surface area contributed by atoms with Crippen LogP contribution in [0.3, 0.4) is 0 Å². The molecule has 1 aromatic carbocycles. The minimum absolute atomic E-state index is 0.0133. The van der Waals surface area contributed by atoms with E-state index in [0.717, 1.165) is 6.42 Å². The van der Waals surface area contributed by atoms with Gasteiger partial charge in [0, 0.05) is 19.1 Å². The van der Waals surface area contributed by atoms with E-state index in [1.165, 1.54) is 11.1 Å². The summed E-state index contributed by atoms with van der Waals surface area (Å²) < 4.78 is 0. The summed E-state index contributed by atoms with van der Waals surface area (Å²) in [5.41, 5.74) is 2.44. The molecule has 0 aliphatic carbocycles. The Hall–Kier alpha value is -1.35. The molecule has 0 aliphatic rings. The highest BCUT2D eigenvalue weighted by Crippen LogP contribution is 2.09. The van der Waals surface area contributed by atoms with E-state index in [9.17, 15) is 4.79 Å². The predicted molar refractivity (Wildman–Crippen MR) is 73.4 cm³/mol. The maximum Gasteiger partial charge on any atom is 0.220 e. The largest absolute Gasteiger partial charge is 0.396 e. The average molecular weight is 249 g/mol. The predicted octanol–water partition coefficient (Wildman–Crippen LogP) is 2.06. The van der Waals surface area contributed by atoms with E-state index in [0.29, 0.717) is 6.42 Å². The number of benzene rings is 1. The third-order valence-electron chi connectivity index (χ3n) is 3.41. The number of carbonyl (C=O) groups excluding carboxylic acids is 1. The number of carbonyl (C=O) groups is 1. The number of aryl methyl sites for hydroxylation is 2. The van der Waals surface area contributed by atoms with Gasteiger partial charge in [0.2, 0.25) is 5.91 Å². The van der Waals surface area contributed by atoms with Crippen LogP contribution in [-0.2, 0) is 11.2 Å². The Morgan fingerprint density at radius 1 is 1.33 bits per heavy atom. The van der Waals surface area contributed by atoms with Crippen molar-refractivity contribution >= 4 is 5.91 Å². The molecule has 100 valence electrons. The number of hydrogen-bond acceptors (Lipinski definition) is 2. The van der Waals surface area contributed by atoms with Gasteiger partial charge >= 0.3 is 0 Å². The number of aliphatic hydroxyl groups is 1. The zero-order chi connectivity index (χ0) is 13.5. The Bertz CT molecular complexity index is 390. The Labute approximate surface area is 109 Å². The highest BCUT2D eigenvalue weighted by Gasteiger charge is 2.13. The molecule has 0 aromatic heterocycles. The Balaban J connectivity index is 2.40. The first-order chi connectivity index (χ1) is 8.54. The molecular weight excluding hydrogens is 226 g/mol. The molecule has 0 heterocycles. The van der Waals surface area contributed by atoms with Crippen molar-refractivity contribution in [3.8, 4) is 0 Å². The molecule has 0 saturated heterocycles. The molecule has 1 rings (SSSR count). The van der Waals surface area contributed by atoms with Crippen molar-refractivity contribution in [2.24, 2.45) is 5.92 Å². The second kappa shape index (κ2) is 7.17. The summed E-state index contributed by atoms with van der Waals surface area (Å²) in [5.74, 6) is 0.137. The summed E-state index contributed by atoms with van der Waals surface area (Å²) in [7, 11) is 0. The number of amides is 1. The fraction of sp³-hybridized carbons (Fsp3) is 0.533. The lowest BCUT2D eigenvalue weighted by Crippen LogP contribution is -2.38. The van der Waals surface area contributed by atoms with Gasteiger partial charge in [0.25, 0.3) is 0 Å². The molecule has 2 unspecified atom stereocenters. The van der Waals surface area contributed by atoms with Crippen molar-refractivity contribution in [2.75, 3.05) is 6.61 Å². The van der Waals surface area contributed by atoms with Crippen molar-refractivity contribution in [3.05, 3.63) is 35.4 Å². The van der Waals surface area contributed by atoms with Gasteiger partial charge in [-0.05, 0) is 37.3 Å². The van der Waals surface area contributed by atoms with E-state index in [2.05, 4.69) is 24.4 Å². The van der Waals surface area contributed by atoms with Crippen LogP contribution in [0.4, 0.5) is 0 Å². The van der Waals surface area contributed by atoms with Crippen LogP contribution in [-0.4, -0.2) is 23.7 Å². The lowest BCUT2D eigenvalue weighted by Gasteiger charge is -2.19. The van der Waals surface area contributed by atoms with Crippen LogP contribution in [0.1, 0.15) is 31.4 Å². The number of hydrogen-bond donors (Lipinski definition) is 2. The molecule has 0 saturated carbocycles. The van der Waals surface area contributed by atoms with Crippen LogP contribution in [0.25, 0.3) is 0 Å². The van der Waals surface area contributed by atoms with E-state index >= 15 is 0 Å². The van der Waals surface area contributed by atoms with Gasteiger partial charge in [-0.15, -0.1) is 0 Å². The van der Waals surface area contributed by atoms with Gasteiger partial charge in [0.05, 0.1) is 0 Å². The van der Waals surface area contributed by atoms with Crippen molar-refractivity contribution in [1.82, 2.24) is 5.32 Å². The van der Waals surface area contributed by atoms with Gasteiger partial charge in [0.1, 0.15) is 0 Å². The second-order valence-electron chi connectivity index (χ2n) is 4.94. The first-order valence-corrected chi connectivity index (χ1v) is 6.49. The van der Waals surface area contributed by atoms with E-state index in [4.69, 9.17) is 5.11 Å². The lowest BCUT2D eigenvalue weighted by molar-refractivity contribution is -0.122. The van der Waals surface area contributed by atoms with Crippen LogP contribution in [0.15, 0.2) is 24.3 Å². The molecule has 0 radical (unpaired) electrons. The molecule has 0 spiro atoms. The van der Waals surface area contributed by atoms with Crippen molar-refractivity contribution in [2.45, 2.75) is 39.7 Å². The molecule has 0 bridgehead atoms. The third-order valence-corrected chi connectivity index (χ3v) is 3.41. The first-order valence-electron chi connectivity index (χ1n) is 6.49. The summed E-state index contributed by atoms with van der Waals surface area (Å²) in [4.78, 5) is 11.8. The minimum Gasteiger partial charge on any atom is -0.396 e. The highest BCUT2D eigenvalue weighted by molar-refractivity contribution is 5.76. The first kappa shape index (κ1) is 14.7. The van der Waals surface area contributed by atoms with Gasteiger partial charge in [-0.25, -0.2) is 0 Å². The van der Waals surface area contributed by atoms with Gasteiger partial charge in [-0.1, -0.05) is 31.2 Å². The van der Waals surface area contributed by atoms with Crippen molar-refractivity contribution < 1.29 is 9.90 Å². The SMILES string of the molecule is Cc1ccccc1CCC(=O)NC(C)C(C)CO. The van der Waals surface area contributed by atoms with Crippen LogP contribution in [0, 0.1) is 12.8 Å². The van der Waals surface area contributed by atoms with Crippen molar-refractivity contribution in [1.29, 1.82) is 0 Å². The second-order valence-corrected chi connectivity index (χ2v) is 4.94. The van der Waals surface area contributed by atoms with Crippen LogP contribution in [0.2, 0.25) is 0 Å².